The molecule has 0 radical (unpaired) electrons. The molecule has 0 heterocycles. The van der Waals surface area contributed by atoms with Gasteiger partial charge in [0, 0.05) is 27.2 Å². The van der Waals surface area contributed by atoms with Crippen LogP contribution in [0.3, 0.4) is 0 Å². The number of amides is 2. The molecule has 0 aromatic heterocycles. The maximum atomic E-state index is 12.2. The molecular formula is C19H31N3O3. The molecule has 0 aliphatic rings. The lowest BCUT2D eigenvalue weighted by molar-refractivity contribution is -0.132. The van der Waals surface area contributed by atoms with E-state index in [0.29, 0.717) is 24.8 Å². The molecule has 0 unspecified atom stereocenters. The third-order valence-electron chi connectivity index (χ3n) is 4.19. The first kappa shape index (κ1) is 21.0. The second-order valence-electron chi connectivity index (χ2n) is 7.05. The molecule has 1 aromatic carbocycles. The highest BCUT2D eigenvalue weighted by atomic mass is 16.6. The molecule has 2 N–H and O–H groups in total. The number of benzene rings is 1. The predicted octanol–water partition coefficient (Wildman–Crippen LogP) is 2.68. The van der Waals surface area contributed by atoms with Crippen molar-refractivity contribution in [3.8, 4) is 5.75 Å². The Labute approximate surface area is 150 Å². The number of nitrogens with two attached hydrogens (primary N) is 1. The minimum atomic E-state index is -0.527. The van der Waals surface area contributed by atoms with Gasteiger partial charge in [-0.25, -0.2) is 4.79 Å². The van der Waals surface area contributed by atoms with Crippen LogP contribution in [0.2, 0.25) is 0 Å². The summed E-state index contributed by atoms with van der Waals surface area (Å²) in [6.07, 6.45) is -0.449. The molecule has 0 aliphatic carbocycles. The number of carbonyl (C=O) groups excluding carboxylic acids is 2. The van der Waals surface area contributed by atoms with Crippen molar-refractivity contribution in [3.05, 3.63) is 29.8 Å². The average Bonchev–Trinajstić information content (AvgIpc) is 2.57. The summed E-state index contributed by atoms with van der Waals surface area (Å²) in [6, 6.07) is 6.98. The Kier molecular flexibility index (Phi) is 7.90. The van der Waals surface area contributed by atoms with Gasteiger partial charge >= 0.3 is 6.09 Å². The van der Waals surface area contributed by atoms with E-state index in [4.69, 9.17) is 10.5 Å². The van der Waals surface area contributed by atoms with Crippen LogP contribution in [-0.4, -0.2) is 55.0 Å². The van der Waals surface area contributed by atoms with E-state index in [1.807, 2.05) is 32.0 Å². The Bertz CT molecular complexity index is 587. The fourth-order valence-electron chi connectivity index (χ4n) is 2.16. The molecule has 25 heavy (non-hydrogen) atoms. The van der Waals surface area contributed by atoms with Gasteiger partial charge in [0.15, 0.2) is 0 Å². The summed E-state index contributed by atoms with van der Waals surface area (Å²) in [4.78, 5) is 27.3. The van der Waals surface area contributed by atoms with E-state index in [1.165, 1.54) is 4.90 Å². The largest absolute Gasteiger partial charge is 0.415 e. The molecule has 1 aromatic rings. The van der Waals surface area contributed by atoms with Crippen LogP contribution in [0, 0.1) is 5.92 Å². The van der Waals surface area contributed by atoms with Crippen molar-refractivity contribution in [2.45, 2.75) is 39.7 Å². The van der Waals surface area contributed by atoms with Crippen LogP contribution in [0.5, 0.6) is 5.75 Å². The highest BCUT2D eigenvalue weighted by Crippen LogP contribution is 2.20. The van der Waals surface area contributed by atoms with Gasteiger partial charge in [-0.15, -0.1) is 0 Å². The van der Waals surface area contributed by atoms with Crippen LogP contribution in [0.1, 0.15) is 39.2 Å². The number of hydrogen-bond donors (Lipinski definition) is 1. The minimum Gasteiger partial charge on any atom is -0.410 e. The summed E-state index contributed by atoms with van der Waals surface area (Å²) in [5.74, 6) is 0.836. The average molecular weight is 349 g/mol. The highest BCUT2D eigenvalue weighted by Gasteiger charge is 2.21. The van der Waals surface area contributed by atoms with Crippen molar-refractivity contribution in [2.75, 3.05) is 27.2 Å². The Morgan fingerprint density at radius 2 is 1.68 bits per heavy atom. The zero-order valence-electron chi connectivity index (χ0n) is 16.2. The van der Waals surface area contributed by atoms with Crippen LogP contribution in [0.15, 0.2) is 24.3 Å². The summed E-state index contributed by atoms with van der Waals surface area (Å²) < 4.78 is 5.40. The molecule has 2 amide bonds. The smallest absolute Gasteiger partial charge is 0.410 e. The van der Waals surface area contributed by atoms with Gasteiger partial charge < -0.3 is 20.3 Å². The van der Waals surface area contributed by atoms with Gasteiger partial charge in [0.25, 0.3) is 0 Å². The Hall–Kier alpha value is -2.08. The lowest BCUT2D eigenvalue weighted by Gasteiger charge is -2.25. The van der Waals surface area contributed by atoms with Crippen molar-refractivity contribution in [3.63, 3.8) is 0 Å². The van der Waals surface area contributed by atoms with Crippen LogP contribution in [0.25, 0.3) is 0 Å². The normalized spacial score (nSPS) is 12.2. The first-order valence-electron chi connectivity index (χ1n) is 8.67. The molecule has 6 heteroatoms. The second-order valence-corrected chi connectivity index (χ2v) is 7.05. The Morgan fingerprint density at radius 3 is 2.24 bits per heavy atom. The number of likely N-dealkylation sites (N-methyl/N-ethyl adjacent to an activating group) is 2. The molecule has 0 saturated heterocycles. The second kappa shape index (κ2) is 9.42. The van der Waals surface area contributed by atoms with E-state index in [1.54, 1.807) is 25.1 Å². The molecule has 140 valence electrons. The minimum absolute atomic E-state index is 0.0749. The molecule has 0 bridgehead atoms. The quantitative estimate of drug-likeness (QED) is 0.821. The monoisotopic (exact) mass is 349 g/mol. The number of nitrogens with zero attached hydrogens (tertiary/aromatic N) is 2. The molecule has 1 atom stereocenters. The van der Waals surface area contributed by atoms with Crippen LogP contribution in [0.4, 0.5) is 4.79 Å². The van der Waals surface area contributed by atoms with Crippen molar-refractivity contribution in [2.24, 2.45) is 11.7 Å². The molecule has 0 aliphatic heterocycles. The number of carbonyl (C=O) groups is 2. The van der Waals surface area contributed by atoms with Crippen LogP contribution < -0.4 is 10.5 Å². The molecular weight excluding hydrogens is 318 g/mol. The van der Waals surface area contributed by atoms with E-state index in [-0.39, 0.29) is 11.8 Å². The van der Waals surface area contributed by atoms with Crippen molar-refractivity contribution < 1.29 is 14.3 Å². The van der Waals surface area contributed by atoms with Crippen LogP contribution >= 0.6 is 0 Å². The fourth-order valence-corrected chi connectivity index (χ4v) is 2.16. The van der Waals surface area contributed by atoms with Gasteiger partial charge in [-0.3, -0.25) is 4.79 Å². The van der Waals surface area contributed by atoms with Gasteiger partial charge in [-0.1, -0.05) is 39.8 Å². The van der Waals surface area contributed by atoms with Gasteiger partial charge in [0.05, 0.1) is 6.04 Å². The van der Waals surface area contributed by atoms with Gasteiger partial charge in [0.2, 0.25) is 5.91 Å². The molecule has 6 nitrogen and oxygen atoms in total. The summed E-state index contributed by atoms with van der Waals surface area (Å²) in [7, 11) is 3.34. The lowest BCUT2D eigenvalue weighted by Crippen LogP contribution is -2.47. The van der Waals surface area contributed by atoms with Gasteiger partial charge in [-0.2, -0.15) is 0 Å². The van der Waals surface area contributed by atoms with Gasteiger partial charge in [0.1, 0.15) is 5.75 Å². The highest BCUT2D eigenvalue weighted by molar-refractivity contribution is 5.81. The van der Waals surface area contributed by atoms with E-state index in [0.717, 1.165) is 5.56 Å². The lowest BCUT2D eigenvalue weighted by atomic mass is 10.0. The number of ether oxygens (including phenoxy) is 1. The predicted molar refractivity (Wildman–Crippen MR) is 99.6 cm³/mol. The standard InChI is InChI=1S/C19H31N3O3/c1-13(2)15-8-7-9-16(12-15)25-19(24)22(6)11-10-21(5)18(23)17(20)14(3)4/h7-9,12-14,17H,10-11,20H2,1-6H3/t17-/m1/s1. The zero-order valence-corrected chi connectivity index (χ0v) is 16.2. The number of hydrogen-bond acceptors (Lipinski definition) is 4. The fraction of sp³-hybridized carbons (Fsp3) is 0.579. The summed E-state index contributed by atoms with van der Waals surface area (Å²) >= 11 is 0. The Balaban J connectivity index is 2.54. The first-order valence-corrected chi connectivity index (χ1v) is 8.67. The molecule has 0 saturated carbocycles. The van der Waals surface area contributed by atoms with Crippen LogP contribution in [-0.2, 0) is 4.79 Å². The first-order chi connectivity index (χ1) is 11.6. The summed E-state index contributed by atoms with van der Waals surface area (Å²) in [5.41, 5.74) is 6.98. The summed E-state index contributed by atoms with van der Waals surface area (Å²) in [6.45, 7) is 8.76. The van der Waals surface area contributed by atoms with E-state index >= 15 is 0 Å². The van der Waals surface area contributed by atoms with E-state index in [2.05, 4.69) is 13.8 Å². The van der Waals surface area contributed by atoms with Crippen molar-refractivity contribution >= 4 is 12.0 Å². The third kappa shape index (κ3) is 6.38. The number of rotatable bonds is 7. The Morgan fingerprint density at radius 1 is 1.08 bits per heavy atom. The van der Waals surface area contributed by atoms with Gasteiger partial charge in [-0.05, 0) is 29.5 Å². The molecule has 0 spiro atoms. The topological polar surface area (TPSA) is 75.9 Å². The summed E-state index contributed by atoms with van der Waals surface area (Å²) in [5, 5.41) is 0. The third-order valence-corrected chi connectivity index (χ3v) is 4.19. The molecule has 0 fully saturated rings. The van der Waals surface area contributed by atoms with Crippen molar-refractivity contribution in [1.82, 2.24) is 9.80 Å². The van der Waals surface area contributed by atoms with Crippen molar-refractivity contribution in [1.29, 1.82) is 0 Å². The van der Waals surface area contributed by atoms with E-state index < -0.39 is 12.1 Å². The maximum Gasteiger partial charge on any atom is 0.415 e. The van der Waals surface area contributed by atoms with E-state index in [9.17, 15) is 9.59 Å². The zero-order chi connectivity index (χ0) is 19.1. The SMILES string of the molecule is CC(C)c1cccc(OC(=O)N(C)CCN(C)C(=O)[C@H](N)C(C)C)c1. The molecule has 1 rings (SSSR count). The maximum absolute atomic E-state index is 12.2.